The van der Waals surface area contributed by atoms with Crippen molar-refractivity contribution in [1.82, 2.24) is 0 Å². The van der Waals surface area contributed by atoms with Gasteiger partial charge in [-0.1, -0.05) is 12.2 Å². The Hall–Kier alpha value is -1.43. The van der Waals surface area contributed by atoms with E-state index in [-0.39, 0.29) is 0 Å². The summed E-state index contributed by atoms with van der Waals surface area (Å²) < 4.78 is 18.8. The molecule has 0 aromatic heterocycles. The lowest BCUT2D eigenvalue weighted by Crippen LogP contribution is -2.51. The number of ether oxygens (including phenoxy) is 1. The summed E-state index contributed by atoms with van der Waals surface area (Å²) in [5.74, 6) is -4.94. The lowest BCUT2D eigenvalue weighted by molar-refractivity contribution is -0.163. The highest BCUT2D eigenvalue weighted by atomic mass is 19.1. The first-order valence-electron chi connectivity index (χ1n) is 3.97. The number of carboxylic acids is 2. The Labute approximate surface area is 77.8 Å². The monoisotopic (exact) mass is 202 g/mol. The van der Waals surface area contributed by atoms with Gasteiger partial charge in [-0.25, -0.2) is 9.18 Å². The molecule has 0 aromatic rings. The molecule has 1 saturated heterocycles. The predicted molar refractivity (Wildman–Crippen MR) is 40.4 cm³/mol. The highest BCUT2D eigenvalue weighted by molar-refractivity contribution is 5.89. The van der Waals surface area contributed by atoms with Crippen molar-refractivity contribution in [1.29, 1.82) is 0 Å². The maximum absolute atomic E-state index is 13.9. The van der Waals surface area contributed by atoms with Crippen LogP contribution in [0.2, 0.25) is 0 Å². The topological polar surface area (TPSA) is 83.8 Å². The van der Waals surface area contributed by atoms with Crippen LogP contribution in [0.1, 0.15) is 0 Å². The highest BCUT2D eigenvalue weighted by Gasteiger charge is 2.66. The molecule has 0 unspecified atom stereocenters. The molecule has 76 valence electrons. The minimum atomic E-state index is -2.84. The fourth-order valence-electron chi connectivity index (χ4n) is 1.89. The molecule has 0 aliphatic carbocycles. The SMILES string of the molecule is O=C(O)[C@@H]1[C@H]2C=C[C@H](O2)[C@]1(F)C(=O)O. The van der Waals surface area contributed by atoms with Gasteiger partial charge in [0.05, 0.1) is 6.10 Å². The van der Waals surface area contributed by atoms with Crippen LogP contribution in [0, 0.1) is 5.92 Å². The van der Waals surface area contributed by atoms with Gasteiger partial charge in [0.2, 0.25) is 0 Å². The Balaban J connectivity index is 2.45. The van der Waals surface area contributed by atoms with Crippen LogP contribution in [0.15, 0.2) is 12.2 Å². The average Bonchev–Trinajstić information content (AvgIpc) is 2.61. The Bertz CT molecular complexity index is 339. The fraction of sp³-hybridized carbons (Fsp3) is 0.500. The van der Waals surface area contributed by atoms with E-state index in [1.165, 1.54) is 12.2 Å². The summed E-state index contributed by atoms with van der Waals surface area (Å²) in [5.41, 5.74) is -2.84. The standard InChI is InChI=1S/C8H7FO5/c9-8(7(12)13)4-2-1-3(14-4)5(8)6(10)11/h1-5H,(H,10,11)(H,12,13)/t3-,4+,5+,8-/m1/s1. The van der Waals surface area contributed by atoms with Crippen molar-refractivity contribution >= 4 is 11.9 Å². The molecule has 14 heavy (non-hydrogen) atoms. The second-order valence-corrected chi connectivity index (χ2v) is 3.30. The largest absolute Gasteiger partial charge is 0.481 e. The zero-order chi connectivity index (χ0) is 10.5. The summed E-state index contributed by atoms with van der Waals surface area (Å²) in [6.45, 7) is 0. The van der Waals surface area contributed by atoms with Gasteiger partial charge in [0.15, 0.2) is 0 Å². The third kappa shape index (κ3) is 0.859. The predicted octanol–water partition coefficient (Wildman–Crippen LogP) is -0.183. The van der Waals surface area contributed by atoms with E-state index in [2.05, 4.69) is 0 Å². The molecule has 4 atom stereocenters. The van der Waals surface area contributed by atoms with Gasteiger partial charge < -0.3 is 14.9 Å². The molecule has 0 spiro atoms. The molecule has 0 aromatic carbocycles. The van der Waals surface area contributed by atoms with Crippen molar-refractivity contribution in [3.05, 3.63) is 12.2 Å². The smallest absolute Gasteiger partial charge is 0.345 e. The van der Waals surface area contributed by atoms with Crippen molar-refractivity contribution in [2.24, 2.45) is 5.92 Å². The van der Waals surface area contributed by atoms with Gasteiger partial charge in [-0.05, 0) is 0 Å². The number of aliphatic carboxylic acids is 2. The zero-order valence-corrected chi connectivity index (χ0v) is 6.88. The van der Waals surface area contributed by atoms with Crippen LogP contribution < -0.4 is 0 Å². The van der Waals surface area contributed by atoms with E-state index in [1.54, 1.807) is 0 Å². The Morgan fingerprint density at radius 2 is 2.00 bits per heavy atom. The molecule has 0 saturated carbocycles. The molecule has 2 N–H and O–H groups in total. The van der Waals surface area contributed by atoms with Crippen LogP contribution in [-0.2, 0) is 14.3 Å². The maximum Gasteiger partial charge on any atom is 0.345 e. The molecule has 2 heterocycles. The number of hydrogen-bond donors (Lipinski definition) is 2. The molecular weight excluding hydrogens is 195 g/mol. The third-order valence-electron chi connectivity index (χ3n) is 2.57. The Morgan fingerprint density at radius 3 is 2.43 bits per heavy atom. The van der Waals surface area contributed by atoms with Crippen molar-refractivity contribution in [2.75, 3.05) is 0 Å². The van der Waals surface area contributed by atoms with Crippen LogP contribution in [0.3, 0.4) is 0 Å². The second-order valence-electron chi connectivity index (χ2n) is 3.30. The lowest BCUT2D eigenvalue weighted by atomic mass is 9.80. The quantitative estimate of drug-likeness (QED) is 0.606. The minimum Gasteiger partial charge on any atom is -0.481 e. The van der Waals surface area contributed by atoms with Crippen molar-refractivity contribution in [3.63, 3.8) is 0 Å². The van der Waals surface area contributed by atoms with E-state index in [0.29, 0.717) is 0 Å². The number of fused-ring (bicyclic) bond motifs is 2. The van der Waals surface area contributed by atoms with E-state index >= 15 is 0 Å². The molecule has 6 heteroatoms. The first-order valence-corrected chi connectivity index (χ1v) is 3.97. The maximum atomic E-state index is 13.9. The number of alkyl halides is 1. The molecular formula is C8H7FO5. The fourth-order valence-corrected chi connectivity index (χ4v) is 1.89. The number of carbonyl (C=O) groups is 2. The van der Waals surface area contributed by atoms with Gasteiger partial charge in [-0.3, -0.25) is 4.79 Å². The van der Waals surface area contributed by atoms with Gasteiger partial charge in [-0.2, -0.15) is 0 Å². The van der Waals surface area contributed by atoms with Gasteiger partial charge in [0.1, 0.15) is 12.0 Å². The first-order chi connectivity index (χ1) is 6.48. The van der Waals surface area contributed by atoms with E-state index in [4.69, 9.17) is 14.9 Å². The number of halogens is 1. The highest BCUT2D eigenvalue weighted by Crippen LogP contribution is 2.45. The van der Waals surface area contributed by atoms with E-state index in [9.17, 15) is 14.0 Å². The Kier molecular flexibility index (Phi) is 1.66. The summed E-state index contributed by atoms with van der Waals surface area (Å²) >= 11 is 0. The van der Waals surface area contributed by atoms with Crippen molar-refractivity contribution in [3.8, 4) is 0 Å². The summed E-state index contributed by atoms with van der Waals surface area (Å²) in [6.07, 6.45) is 0.368. The van der Waals surface area contributed by atoms with Crippen molar-refractivity contribution < 1.29 is 28.9 Å². The number of carboxylic acid groups (broad SMARTS) is 2. The molecule has 0 radical (unpaired) electrons. The average molecular weight is 202 g/mol. The van der Waals surface area contributed by atoms with Crippen LogP contribution in [-0.4, -0.2) is 40.0 Å². The first kappa shape index (κ1) is 9.14. The van der Waals surface area contributed by atoms with Gasteiger partial charge in [-0.15, -0.1) is 0 Å². The normalized spacial score (nSPS) is 44.2. The molecule has 2 rings (SSSR count). The van der Waals surface area contributed by atoms with Crippen molar-refractivity contribution in [2.45, 2.75) is 17.9 Å². The molecule has 2 aliphatic heterocycles. The molecule has 0 amide bonds. The van der Waals surface area contributed by atoms with Gasteiger partial charge >= 0.3 is 11.9 Å². The summed E-state index contributed by atoms with van der Waals surface area (Å²) in [7, 11) is 0. The van der Waals surface area contributed by atoms with E-state index in [0.717, 1.165) is 0 Å². The van der Waals surface area contributed by atoms with Crippen LogP contribution in [0.5, 0.6) is 0 Å². The van der Waals surface area contributed by atoms with E-state index in [1.807, 2.05) is 0 Å². The molecule has 5 nitrogen and oxygen atoms in total. The molecule has 1 fully saturated rings. The number of hydrogen-bond acceptors (Lipinski definition) is 3. The lowest BCUT2D eigenvalue weighted by Gasteiger charge is -2.24. The van der Waals surface area contributed by atoms with Crippen LogP contribution >= 0.6 is 0 Å². The van der Waals surface area contributed by atoms with Crippen LogP contribution in [0.4, 0.5) is 4.39 Å². The summed E-state index contributed by atoms with van der Waals surface area (Å²) in [4.78, 5) is 21.4. The zero-order valence-electron chi connectivity index (χ0n) is 6.88. The number of rotatable bonds is 2. The molecule has 2 aliphatic rings. The Morgan fingerprint density at radius 1 is 1.36 bits per heavy atom. The summed E-state index contributed by atoms with van der Waals surface area (Å²) in [5, 5.41) is 17.4. The minimum absolute atomic E-state index is 0.974. The van der Waals surface area contributed by atoms with Gasteiger partial charge in [0.25, 0.3) is 5.67 Å². The van der Waals surface area contributed by atoms with Crippen LogP contribution in [0.25, 0.3) is 0 Å². The third-order valence-corrected chi connectivity index (χ3v) is 2.57. The van der Waals surface area contributed by atoms with Gasteiger partial charge in [0, 0.05) is 0 Å². The second kappa shape index (κ2) is 2.54. The summed E-state index contributed by atoms with van der Waals surface area (Å²) in [6, 6.07) is 0. The van der Waals surface area contributed by atoms with E-state index < -0.39 is 35.7 Å². The molecule has 2 bridgehead atoms.